The van der Waals surface area contributed by atoms with Gasteiger partial charge in [0.1, 0.15) is 11.9 Å². The molecule has 4 rings (SSSR count). The van der Waals surface area contributed by atoms with E-state index in [2.05, 4.69) is 34.8 Å². The quantitative estimate of drug-likeness (QED) is 0.781. The fourth-order valence-electron chi connectivity index (χ4n) is 4.23. The van der Waals surface area contributed by atoms with E-state index in [1.165, 1.54) is 11.1 Å². The van der Waals surface area contributed by atoms with Crippen molar-refractivity contribution in [2.24, 2.45) is 0 Å². The summed E-state index contributed by atoms with van der Waals surface area (Å²) in [5.41, 5.74) is 3.73. The minimum Gasteiger partial charge on any atom is -0.472 e. The predicted molar refractivity (Wildman–Crippen MR) is 92.4 cm³/mol. The van der Waals surface area contributed by atoms with Crippen LogP contribution >= 0.6 is 0 Å². The summed E-state index contributed by atoms with van der Waals surface area (Å²) in [6, 6.07) is 0. The lowest BCUT2D eigenvalue weighted by molar-refractivity contribution is -0.0597. The minimum absolute atomic E-state index is 0.00247. The molecule has 1 fully saturated rings. The van der Waals surface area contributed by atoms with E-state index in [4.69, 9.17) is 9.47 Å². The zero-order valence-corrected chi connectivity index (χ0v) is 15.0. The zero-order chi connectivity index (χ0) is 16.7. The highest BCUT2D eigenvalue weighted by molar-refractivity contribution is 5.34. The van der Waals surface area contributed by atoms with Gasteiger partial charge in [-0.15, -0.1) is 0 Å². The van der Waals surface area contributed by atoms with E-state index in [1.807, 2.05) is 6.92 Å². The average Bonchev–Trinajstić information content (AvgIpc) is 2.92. The molecule has 24 heavy (non-hydrogen) atoms. The molecule has 130 valence electrons. The van der Waals surface area contributed by atoms with Crippen LogP contribution in [0.4, 0.5) is 0 Å². The maximum absolute atomic E-state index is 6.12. The van der Waals surface area contributed by atoms with Crippen molar-refractivity contribution in [2.75, 3.05) is 26.2 Å². The Balaban J connectivity index is 1.36. The molecule has 1 aromatic heterocycles. The third-order valence-electron chi connectivity index (χ3n) is 5.56. The number of aryl methyl sites for hydroxylation is 2. The molecule has 1 unspecified atom stereocenters. The van der Waals surface area contributed by atoms with Gasteiger partial charge in [-0.05, 0) is 40.0 Å². The Labute approximate surface area is 144 Å². The van der Waals surface area contributed by atoms with E-state index < -0.39 is 0 Å². The number of likely N-dealkylation sites (tertiary alicyclic amines) is 1. The second-order valence-electron chi connectivity index (χ2n) is 7.54. The molecule has 0 saturated carbocycles. The van der Waals surface area contributed by atoms with Crippen molar-refractivity contribution in [1.29, 1.82) is 0 Å². The van der Waals surface area contributed by atoms with Gasteiger partial charge in [0.15, 0.2) is 0 Å². The molecule has 1 spiro atoms. The van der Waals surface area contributed by atoms with E-state index in [0.717, 1.165) is 69.3 Å². The van der Waals surface area contributed by atoms with Crippen LogP contribution in [0, 0.1) is 13.8 Å². The minimum atomic E-state index is -0.00247. The number of hydrogen-bond donors (Lipinski definition) is 0. The van der Waals surface area contributed by atoms with E-state index >= 15 is 0 Å². The molecule has 3 aliphatic heterocycles. The van der Waals surface area contributed by atoms with Crippen LogP contribution in [-0.2, 0) is 11.2 Å². The number of piperidine rings is 1. The highest BCUT2D eigenvalue weighted by Crippen LogP contribution is 2.34. The molecule has 0 bridgehead atoms. The molecule has 5 heteroatoms. The van der Waals surface area contributed by atoms with Crippen LogP contribution < -0.4 is 4.74 Å². The standard InChI is InChI=1S/C19H27N3O2/c1-13-4-9-23-19(11-13)5-7-22(8-6-19)12-16-10-17-14(2)20-15(3)21-18(17)24-16/h11,16H,4-10,12H2,1-3H3. The van der Waals surface area contributed by atoms with Gasteiger partial charge in [0.05, 0.1) is 12.2 Å². The second-order valence-corrected chi connectivity index (χ2v) is 7.54. The molecule has 1 saturated heterocycles. The van der Waals surface area contributed by atoms with Gasteiger partial charge in [0, 0.05) is 37.3 Å². The summed E-state index contributed by atoms with van der Waals surface area (Å²) in [4.78, 5) is 11.4. The number of fused-ring (bicyclic) bond motifs is 1. The fourth-order valence-corrected chi connectivity index (χ4v) is 4.23. The van der Waals surface area contributed by atoms with E-state index in [9.17, 15) is 0 Å². The summed E-state index contributed by atoms with van der Waals surface area (Å²) < 4.78 is 12.2. The largest absolute Gasteiger partial charge is 0.472 e. The SMILES string of the molecule is CC1=CC2(CCN(CC3Cc4c(C)nc(C)nc4O3)CC2)OCC1. The number of rotatable bonds is 2. The van der Waals surface area contributed by atoms with E-state index in [1.54, 1.807) is 0 Å². The molecule has 1 aromatic rings. The Kier molecular flexibility index (Phi) is 4.09. The van der Waals surface area contributed by atoms with E-state index in [-0.39, 0.29) is 11.7 Å². The van der Waals surface area contributed by atoms with Crippen molar-refractivity contribution in [3.63, 3.8) is 0 Å². The van der Waals surface area contributed by atoms with Crippen molar-refractivity contribution in [3.05, 3.63) is 28.7 Å². The molecule has 0 aliphatic carbocycles. The maximum atomic E-state index is 6.12. The lowest BCUT2D eigenvalue weighted by Gasteiger charge is -2.42. The van der Waals surface area contributed by atoms with Crippen LogP contribution in [0.1, 0.15) is 43.3 Å². The first kappa shape index (κ1) is 16.0. The third-order valence-corrected chi connectivity index (χ3v) is 5.56. The lowest BCUT2D eigenvalue weighted by Crippen LogP contribution is -2.48. The normalized spacial score (nSPS) is 26.1. The number of nitrogens with zero attached hydrogens (tertiary/aromatic N) is 3. The summed E-state index contributed by atoms with van der Waals surface area (Å²) in [7, 11) is 0. The first-order valence-corrected chi connectivity index (χ1v) is 9.08. The van der Waals surface area contributed by atoms with Gasteiger partial charge >= 0.3 is 0 Å². The molecule has 3 aliphatic rings. The molecular weight excluding hydrogens is 302 g/mol. The summed E-state index contributed by atoms with van der Waals surface area (Å²) >= 11 is 0. The Bertz CT molecular complexity index is 663. The average molecular weight is 329 g/mol. The number of ether oxygens (including phenoxy) is 2. The van der Waals surface area contributed by atoms with Crippen molar-refractivity contribution < 1.29 is 9.47 Å². The van der Waals surface area contributed by atoms with Crippen molar-refractivity contribution in [3.8, 4) is 5.88 Å². The Hall–Kier alpha value is -1.46. The van der Waals surface area contributed by atoms with Crippen molar-refractivity contribution in [1.82, 2.24) is 14.9 Å². The zero-order valence-electron chi connectivity index (χ0n) is 15.0. The molecular formula is C19H27N3O2. The summed E-state index contributed by atoms with van der Waals surface area (Å²) in [6.07, 6.45) is 6.76. The monoisotopic (exact) mass is 329 g/mol. The Morgan fingerprint density at radius 1 is 1.21 bits per heavy atom. The summed E-state index contributed by atoms with van der Waals surface area (Å²) in [6.45, 7) is 10.2. The molecule has 5 nitrogen and oxygen atoms in total. The van der Waals surface area contributed by atoms with Crippen LogP contribution in [-0.4, -0.2) is 52.8 Å². The molecule has 4 heterocycles. The predicted octanol–water partition coefficient (Wildman–Crippen LogP) is 2.60. The summed E-state index contributed by atoms with van der Waals surface area (Å²) in [5.74, 6) is 1.59. The van der Waals surface area contributed by atoms with Gasteiger partial charge in [-0.1, -0.05) is 11.6 Å². The highest BCUT2D eigenvalue weighted by Gasteiger charge is 2.37. The first-order valence-electron chi connectivity index (χ1n) is 9.08. The molecule has 0 amide bonds. The van der Waals surface area contributed by atoms with Crippen LogP contribution in [0.2, 0.25) is 0 Å². The molecule has 0 N–H and O–H groups in total. The van der Waals surface area contributed by atoms with Gasteiger partial charge < -0.3 is 9.47 Å². The number of hydrogen-bond acceptors (Lipinski definition) is 5. The number of aromatic nitrogens is 2. The van der Waals surface area contributed by atoms with Crippen LogP contribution in [0.3, 0.4) is 0 Å². The topological polar surface area (TPSA) is 47.5 Å². The Morgan fingerprint density at radius 3 is 2.75 bits per heavy atom. The molecule has 0 radical (unpaired) electrons. The smallest absolute Gasteiger partial charge is 0.220 e. The van der Waals surface area contributed by atoms with Gasteiger partial charge in [0.2, 0.25) is 5.88 Å². The second kappa shape index (κ2) is 6.12. The maximum Gasteiger partial charge on any atom is 0.220 e. The third kappa shape index (κ3) is 3.07. The van der Waals surface area contributed by atoms with Gasteiger partial charge in [-0.3, -0.25) is 4.90 Å². The molecule has 0 aromatic carbocycles. The van der Waals surface area contributed by atoms with Crippen LogP contribution in [0.15, 0.2) is 11.6 Å². The molecule has 1 atom stereocenters. The van der Waals surface area contributed by atoms with Crippen molar-refractivity contribution in [2.45, 2.75) is 58.2 Å². The highest BCUT2D eigenvalue weighted by atomic mass is 16.5. The van der Waals surface area contributed by atoms with E-state index in [0.29, 0.717) is 0 Å². The lowest BCUT2D eigenvalue weighted by atomic mass is 9.87. The fraction of sp³-hybridized carbons (Fsp3) is 0.684. The van der Waals surface area contributed by atoms with Crippen LogP contribution in [0.5, 0.6) is 5.88 Å². The van der Waals surface area contributed by atoms with Gasteiger partial charge in [-0.25, -0.2) is 4.98 Å². The summed E-state index contributed by atoms with van der Waals surface area (Å²) in [5, 5.41) is 0. The first-order chi connectivity index (χ1) is 11.5. The van der Waals surface area contributed by atoms with Gasteiger partial charge in [-0.2, -0.15) is 4.98 Å². The van der Waals surface area contributed by atoms with Crippen LogP contribution in [0.25, 0.3) is 0 Å². The van der Waals surface area contributed by atoms with Crippen molar-refractivity contribution >= 4 is 0 Å². The van der Waals surface area contributed by atoms with Gasteiger partial charge in [0.25, 0.3) is 0 Å². The Morgan fingerprint density at radius 2 is 2.00 bits per heavy atom.